The maximum absolute atomic E-state index is 12.2. The lowest BCUT2D eigenvalue weighted by Crippen LogP contribution is -2.14. The van der Waals surface area contributed by atoms with Crippen molar-refractivity contribution in [3.63, 3.8) is 0 Å². The van der Waals surface area contributed by atoms with Crippen LogP contribution in [0.15, 0.2) is 23.3 Å². The topological polar surface area (TPSA) is 37.3 Å². The van der Waals surface area contributed by atoms with Crippen molar-refractivity contribution in [3.8, 4) is 0 Å². The van der Waals surface area contributed by atoms with Gasteiger partial charge < -0.3 is 5.11 Å². The predicted molar refractivity (Wildman–Crippen MR) is 43.7 cm³/mol. The van der Waals surface area contributed by atoms with Gasteiger partial charge in [-0.05, 0) is 24.8 Å². The fraction of sp³-hybridized carbons (Fsp3) is 0.444. The Bertz CT molecular complexity index is 313. The van der Waals surface area contributed by atoms with Gasteiger partial charge in [0, 0.05) is 5.57 Å². The minimum atomic E-state index is -4.53. The molecule has 0 aromatic heterocycles. The first-order valence-corrected chi connectivity index (χ1v) is 4.06. The van der Waals surface area contributed by atoms with Crippen molar-refractivity contribution < 1.29 is 23.1 Å². The van der Waals surface area contributed by atoms with E-state index in [2.05, 4.69) is 6.58 Å². The normalized spacial score (nSPS) is 17.4. The Hall–Kier alpha value is -1.26. The van der Waals surface area contributed by atoms with Crippen LogP contribution in [0.3, 0.4) is 0 Å². The molecule has 1 aliphatic carbocycles. The van der Waals surface area contributed by atoms with E-state index < -0.39 is 17.7 Å². The largest absolute Gasteiger partial charge is 0.478 e. The molecular weight excluding hydrogens is 197 g/mol. The minimum Gasteiger partial charge on any atom is -0.478 e. The Morgan fingerprint density at radius 1 is 1.29 bits per heavy atom. The molecule has 0 fully saturated rings. The van der Waals surface area contributed by atoms with Gasteiger partial charge in [0.25, 0.3) is 0 Å². The van der Waals surface area contributed by atoms with E-state index in [1.807, 2.05) is 0 Å². The van der Waals surface area contributed by atoms with Crippen molar-refractivity contribution in [2.45, 2.75) is 25.4 Å². The molecule has 1 N–H and O–H groups in total. The third kappa shape index (κ3) is 1.97. The van der Waals surface area contributed by atoms with Crippen LogP contribution < -0.4 is 0 Å². The molecule has 0 atom stereocenters. The van der Waals surface area contributed by atoms with E-state index in [-0.39, 0.29) is 24.0 Å². The second-order valence-electron chi connectivity index (χ2n) is 3.09. The van der Waals surface area contributed by atoms with Gasteiger partial charge >= 0.3 is 12.1 Å². The lowest BCUT2D eigenvalue weighted by Gasteiger charge is -2.11. The molecule has 1 aliphatic rings. The van der Waals surface area contributed by atoms with Crippen LogP contribution in [0.2, 0.25) is 0 Å². The number of halogens is 3. The molecule has 0 heterocycles. The molecule has 0 aromatic rings. The van der Waals surface area contributed by atoms with Crippen molar-refractivity contribution >= 4 is 5.97 Å². The monoisotopic (exact) mass is 206 g/mol. The molecule has 2 nitrogen and oxygen atoms in total. The van der Waals surface area contributed by atoms with Gasteiger partial charge in [0.05, 0.1) is 5.57 Å². The molecule has 0 aromatic carbocycles. The van der Waals surface area contributed by atoms with Crippen LogP contribution in [0, 0.1) is 0 Å². The summed E-state index contributed by atoms with van der Waals surface area (Å²) in [7, 11) is 0. The predicted octanol–water partition coefficient (Wildman–Crippen LogP) is 2.67. The van der Waals surface area contributed by atoms with E-state index in [9.17, 15) is 18.0 Å². The molecule has 0 aliphatic heterocycles. The molecular formula is C9H9F3O2. The van der Waals surface area contributed by atoms with E-state index in [1.54, 1.807) is 0 Å². The molecule has 0 unspecified atom stereocenters. The Morgan fingerprint density at radius 3 is 2.21 bits per heavy atom. The number of aliphatic carboxylic acids is 1. The number of alkyl halides is 3. The molecule has 0 bridgehead atoms. The minimum absolute atomic E-state index is 0.146. The van der Waals surface area contributed by atoms with E-state index in [1.165, 1.54) is 0 Å². The highest BCUT2D eigenvalue weighted by Gasteiger charge is 2.37. The summed E-state index contributed by atoms with van der Waals surface area (Å²) in [5.41, 5.74) is -1.32. The van der Waals surface area contributed by atoms with Crippen molar-refractivity contribution in [2.75, 3.05) is 0 Å². The maximum Gasteiger partial charge on any atom is 0.416 e. The standard InChI is InChI=1S/C9H9F3O2/c1-5(9(10,11)12)6-3-2-4-7(6)8(13)14/h1-4H2,(H,13,14). The summed E-state index contributed by atoms with van der Waals surface area (Å²) in [4.78, 5) is 10.6. The SMILES string of the molecule is C=C(C1=C(C(=O)O)CCC1)C(F)(F)F. The third-order valence-corrected chi connectivity index (χ3v) is 2.18. The highest BCUT2D eigenvalue weighted by Crippen LogP contribution is 2.38. The molecule has 0 saturated carbocycles. The summed E-state index contributed by atoms with van der Waals surface area (Å²) in [6.07, 6.45) is -3.73. The van der Waals surface area contributed by atoms with Crippen LogP contribution in [-0.2, 0) is 4.79 Å². The number of rotatable bonds is 2. The number of carboxylic acids is 1. The quantitative estimate of drug-likeness (QED) is 0.754. The molecule has 0 saturated heterocycles. The third-order valence-electron chi connectivity index (χ3n) is 2.18. The average molecular weight is 206 g/mol. The van der Waals surface area contributed by atoms with Gasteiger partial charge in [0.2, 0.25) is 0 Å². The van der Waals surface area contributed by atoms with Crippen LogP contribution in [0.25, 0.3) is 0 Å². The number of hydrogen-bond donors (Lipinski definition) is 1. The molecule has 14 heavy (non-hydrogen) atoms. The Kier molecular flexibility index (Phi) is 2.69. The number of carboxylic acid groups (broad SMARTS) is 1. The second kappa shape index (κ2) is 3.48. The van der Waals surface area contributed by atoms with Gasteiger partial charge in [0.15, 0.2) is 0 Å². The average Bonchev–Trinajstić information content (AvgIpc) is 2.48. The Labute approximate surface area is 78.7 Å². The van der Waals surface area contributed by atoms with Crippen molar-refractivity contribution in [1.82, 2.24) is 0 Å². The number of allylic oxidation sites excluding steroid dienone is 2. The van der Waals surface area contributed by atoms with Crippen LogP contribution >= 0.6 is 0 Å². The lowest BCUT2D eigenvalue weighted by molar-refractivity contribution is -0.132. The zero-order valence-electron chi connectivity index (χ0n) is 7.32. The maximum atomic E-state index is 12.2. The summed E-state index contributed by atoms with van der Waals surface area (Å²) in [5.74, 6) is -1.28. The second-order valence-corrected chi connectivity index (χ2v) is 3.09. The zero-order valence-corrected chi connectivity index (χ0v) is 7.32. The van der Waals surface area contributed by atoms with Crippen molar-refractivity contribution in [2.24, 2.45) is 0 Å². The van der Waals surface area contributed by atoms with Crippen LogP contribution in [0.5, 0.6) is 0 Å². The summed E-state index contributed by atoms with van der Waals surface area (Å²) < 4.78 is 36.6. The molecule has 1 rings (SSSR count). The van der Waals surface area contributed by atoms with Gasteiger partial charge in [-0.25, -0.2) is 4.79 Å². The molecule has 0 spiro atoms. The van der Waals surface area contributed by atoms with Gasteiger partial charge in [-0.15, -0.1) is 0 Å². The Balaban J connectivity index is 3.02. The van der Waals surface area contributed by atoms with Gasteiger partial charge in [0.1, 0.15) is 0 Å². The van der Waals surface area contributed by atoms with E-state index in [0.717, 1.165) is 0 Å². The molecule has 0 amide bonds. The Morgan fingerprint density at radius 2 is 1.79 bits per heavy atom. The first-order chi connectivity index (χ1) is 6.34. The molecule has 0 radical (unpaired) electrons. The first kappa shape index (κ1) is 10.8. The lowest BCUT2D eigenvalue weighted by atomic mass is 10.0. The molecule has 78 valence electrons. The number of hydrogen-bond acceptors (Lipinski definition) is 1. The fourth-order valence-electron chi connectivity index (χ4n) is 1.48. The summed E-state index contributed by atoms with van der Waals surface area (Å²) in [6, 6.07) is 0. The van der Waals surface area contributed by atoms with Gasteiger partial charge in [-0.2, -0.15) is 13.2 Å². The first-order valence-electron chi connectivity index (χ1n) is 4.06. The van der Waals surface area contributed by atoms with Crippen LogP contribution in [-0.4, -0.2) is 17.3 Å². The van der Waals surface area contributed by atoms with Crippen molar-refractivity contribution in [1.29, 1.82) is 0 Å². The summed E-state index contributed by atoms with van der Waals surface area (Å²) >= 11 is 0. The van der Waals surface area contributed by atoms with E-state index in [0.29, 0.717) is 6.42 Å². The zero-order chi connectivity index (χ0) is 10.9. The highest BCUT2D eigenvalue weighted by molar-refractivity contribution is 5.89. The smallest absolute Gasteiger partial charge is 0.416 e. The highest BCUT2D eigenvalue weighted by atomic mass is 19.4. The summed E-state index contributed by atoms with van der Waals surface area (Å²) in [6.45, 7) is 2.89. The van der Waals surface area contributed by atoms with Crippen molar-refractivity contribution in [3.05, 3.63) is 23.3 Å². The van der Waals surface area contributed by atoms with Crippen LogP contribution in [0.4, 0.5) is 13.2 Å². The summed E-state index contributed by atoms with van der Waals surface area (Å²) in [5, 5.41) is 8.63. The van der Waals surface area contributed by atoms with E-state index in [4.69, 9.17) is 5.11 Å². The van der Waals surface area contributed by atoms with E-state index >= 15 is 0 Å². The van der Waals surface area contributed by atoms with Gasteiger partial charge in [-0.1, -0.05) is 6.58 Å². The number of carbonyl (C=O) groups is 1. The fourth-order valence-corrected chi connectivity index (χ4v) is 1.48. The van der Waals surface area contributed by atoms with Gasteiger partial charge in [-0.3, -0.25) is 0 Å². The van der Waals surface area contributed by atoms with Crippen LogP contribution in [0.1, 0.15) is 19.3 Å². The molecule has 5 heteroatoms.